The second-order valence-electron chi connectivity index (χ2n) is 5.89. The van der Waals surface area contributed by atoms with Crippen LogP contribution in [0.4, 0.5) is 0 Å². The second-order valence-corrected chi connectivity index (χ2v) is 5.89. The molecule has 1 amide bonds. The SMILES string of the molecule is Cc1ccc(C2CN(C(=O)c3cccc(C)c3)CCO2)cc1. The van der Waals surface area contributed by atoms with E-state index in [0.29, 0.717) is 19.7 Å². The van der Waals surface area contributed by atoms with Crippen LogP contribution in [0.1, 0.15) is 33.2 Å². The Kier molecular flexibility index (Phi) is 4.25. The number of carbonyl (C=O) groups excluding carboxylic acids is 1. The van der Waals surface area contributed by atoms with Gasteiger partial charge in [-0.15, -0.1) is 0 Å². The van der Waals surface area contributed by atoms with Crippen molar-refractivity contribution in [3.8, 4) is 0 Å². The first-order valence-corrected chi connectivity index (χ1v) is 7.67. The summed E-state index contributed by atoms with van der Waals surface area (Å²) in [6.45, 7) is 5.91. The molecule has 22 heavy (non-hydrogen) atoms. The number of benzene rings is 2. The summed E-state index contributed by atoms with van der Waals surface area (Å²) in [5.41, 5.74) is 4.22. The molecular formula is C19H21NO2. The molecule has 1 aliphatic heterocycles. The predicted molar refractivity (Wildman–Crippen MR) is 87.0 cm³/mol. The molecule has 0 bridgehead atoms. The van der Waals surface area contributed by atoms with Crippen LogP contribution in [0, 0.1) is 13.8 Å². The van der Waals surface area contributed by atoms with Crippen LogP contribution in [0.15, 0.2) is 48.5 Å². The molecule has 1 unspecified atom stereocenters. The number of amides is 1. The molecule has 2 aromatic rings. The van der Waals surface area contributed by atoms with Gasteiger partial charge in [0.25, 0.3) is 5.91 Å². The molecule has 1 saturated heterocycles. The zero-order chi connectivity index (χ0) is 15.5. The van der Waals surface area contributed by atoms with E-state index in [-0.39, 0.29) is 12.0 Å². The maximum absolute atomic E-state index is 12.7. The molecule has 0 N–H and O–H groups in total. The minimum absolute atomic E-state index is 0.0388. The highest BCUT2D eigenvalue weighted by molar-refractivity contribution is 5.94. The summed E-state index contributed by atoms with van der Waals surface area (Å²) in [6.07, 6.45) is -0.0388. The van der Waals surface area contributed by atoms with Gasteiger partial charge in [-0.2, -0.15) is 0 Å². The van der Waals surface area contributed by atoms with Crippen LogP contribution in [0.2, 0.25) is 0 Å². The largest absolute Gasteiger partial charge is 0.370 e. The van der Waals surface area contributed by atoms with E-state index in [0.717, 1.165) is 16.7 Å². The van der Waals surface area contributed by atoms with E-state index < -0.39 is 0 Å². The quantitative estimate of drug-likeness (QED) is 0.848. The first-order valence-electron chi connectivity index (χ1n) is 7.67. The van der Waals surface area contributed by atoms with Gasteiger partial charge in [-0.1, -0.05) is 47.5 Å². The molecule has 0 radical (unpaired) electrons. The van der Waals surface area contributed by atoms with Gasteiger partial charge in [0.05, 0.1) is 13.2 Å². The zero-order valence-electron chi connectivity index (χ0n) is 13.1. The Morgan fingerprint density at radius 1 is 1.09 bits per heavy atom. The van der Waals surface area contributed by atoms with E-state index in [1.54, 1.807) is 0 Å². The summed E-state index contributed by atoms with van der Waals surface area (Å²) in [6, 6.07) is 16.1. The van der Waals surface area contributed by atoms with E-state index >= 15 is 0 Å². The molecule has 3 nitrogen and oxygen atoms in total. The smallest absolute Gasteiger partial charge is 0.254 e. The molecule has 0 aromatic heterocycles. The molecule has 1 fully saturated rings. The highest BCUT2D eigenvalue weighted by atomic mass is 16.5. The predicted octanol–water partition coefficient (Wildman–Crippen LogP) is 3.52. The molecule has 1 atom stereocenters. The molecule has 2 aromatic carbocycles. The molecule has 114 valence electrons. The van der Waals surface area contributed by atoms with Gasteiger partial charge in [0.2, 0.25) is 0 Å². The number of rotatable bonds is 2. The number of aryl methyl sites for hydroxylation is 2. The summed E-state index contributed by atoms with van der Waals surface area (Å²) < 4.78 is 5.85. The number of hydrogen-bond acceptors (Lipinski definition) is 2. The minimum atomic E-state index is -0.0388. The third-order valence-electron chi connectivity index (χ3n) is 4.07. The second kappa shape index (κ2) is 6.32. The molecule has 0 spiro atoms. The molecule has 0 saturated carbocycles. The molecular weight excluding hydrogens is 274 g/mol. The Morgan fingerprint density at radius 2 is 1.86 bits per heavy atom. The van der Waals surface area contributed by atoms with Crippen LogP contribution in [0.3, 0.4) is 0 Å². The van der Waals surface area contributed by atoms with Gasteiger partial charge in [0, 0.05) is 12.1 Å². The maximum atomic E-state index is 12.7. The number of nitrogens with zero attached hydrogens (tertiary/aromatic N) is 1. The molecule has 1 heterocycles. The average molecular weight is 295 g/mol. The number of morpholine rings is 1. The first-order chi connectivity index (χ1) is 10.6. The van der Waals surface area contributed by atoms with Gasteiger partial charge in [-0.25, -0.2) is 0 Å². The summed E-state index contributed by atoms with van der Waals surface area (Å²) in [5, 5.41) is 0. The third kappa shape index (κ3) is 3.20. The lowest BCUT2D eigenvalue weighted by Crippen LogP contribution is -2.42. The summed E-state index contributed by atoms with van der Waals surface area (Å²) in [4.78, 5) is 14.5. The maximum Gasteiger partial charge on any atom is 0.254 e. The van der Waals surface area contributed by atoms with Crippen molar-refractivity contribution in [3.63, 3.8) is 0 Å². The summed E-state index contributed by atoms with van der Waals surface area (Å²) >= 11 is 0. The van der Waals surface area contributed by atoms with Gasteiger partial charge in [0.15, 0.2) is 0 Å². The van der Waals surface area contributed by atoms with Crippen molar-refractivity contribution in [3.05, 3.63) is 70.8 Å². The van der Waals surface area contributed by atoms with E-state index in [2.05, 4.69) is 31.2 Å². The highest BCUT2D eigenvalue weighted by Crippen LogP contribution is 2.23. The van der Waals surface area contributed by atoms with Crippen molar-refractivity contribution in [2.75, 3.05) is 19.7 Å². The van der Waals surface area contributed by atoms with Gasteiger partial charge in [-0.05, 0) is 31.5 Å². The normalized spacial score (nSPS) is 18.3. The standard InChI is InChI=1S/C19H21NO2/c1-14-6-8-16(9-7-14)18-13-20(10-11-22-18)19(21)17-5-3-4-15(2)12-17/h3-9,12,18H,10-11,13H2,1-2H3. The van der Waals surface area contributed by atoms with Crippen LogP contribution >= 0.6 is 0 Å². The van der Waals surface area contributed by atoms with Gasteiger partial charge >= 0.3 is 0 Å². The molecule has 1 aliphatic rings. The van der Waals surface area contributed by atoms with Crippen LogP contribution in [0.25, 0.3) is 0 Å². The van der Waals surface area contributed by atoms with Crippen LogP contribution in [-0.4, -0.2) is 30.5 Å². The van der Waals surface area contributed by atoms with E-state index in [4.69, 9.17) is 4.74 Å². The Morgan fingerprint density at radius 3 is 2.59 bits per heavy atom. The minimum Gasteiger partial charge on any atom is -0.370 e. The van der Waals surface area contributed by atoms with Crippen molar-refractivity contribution in [1.82, 2.24) is 4.90 Å². The molecule has 3 heteroatoms. The Labute approximate surface area is 131 Å². The van der Waals surface area contributed by atoms with Crippen molar-refractivity contribution in [2.24, 2.45) is 0 Å². The summed E-state index contributed by atoms with van der Waals surface area (Å²) in [5.74, 6) is 0.0871. The lowest BCUT2D eigenvalue weighted by atomic mass is 10.0. The fraction of sp³-hybridized carbons (Fsp3) is 0.316. The number of carbonyl (C=O) groups is 1. The molecule has 3 rings (SSSR count). The van der Waals surface area contributed by atoms with E-state index in [1.165, 1.54) is 5.56 Å². The Bertz CT molecular complexity index is 663. The van der Waals surface area contributed by atoms with E-state index in [1.807, 2.05) is 36.1 Å². The molecule has 0 aliphatic carbocycles. The monoisotopic (exact) mass is 295 g/mol. The van der Waals surface area contributed by atoms with Gasteiger partial charge in [-0.3, -0.25) is 4.79 Å². The van der Waals surface area contributed by atoms with Crippen LogP contribution < -0.4 is 0 Å². The Balaban J connectivity index is 1.75. The fourth-order valence-electron chi connectivity index (χ4n) is 2.78. The topological polar surface area (TPSA) is 29.5 Å². The Hall–Kier alpha value is -2.13. The van der Waals surface area contributed by atoms with Gasteiger partial charge in [0.1, 0.15) is 6.10 Å². The third-order valence-corrected chi connectivity index (χ3v) is 4.07. The number of hydrogen-bond donors (Lipinski definition) is 0. The van der Waals surface area contributed by atoms with Crippen molar-refractivity contribution < 1.29 is 9.53 Å². The van der Waals surface area contributed by atoms with Crippen molar-refractivity contribution >= 4 is 5.91 Å². The lowest BCUT2D eigenvalue weighted by Gasteiger charge is -2.33. The van der Waals surface area contributed by atoms with Crippen LogP contribution in [0.5, 0.6) is 0 Å². The van der Waals surface area contributed by atoms with E-state index in [9.17, 15) is 4.79 Å². The summed E-state index contributed by atoms with van der Waals surface area (Å²) in [7, 11) is 0. The first kappa shape index (κ1) is 14.8. The average Bonchev–Trinajstić information content (AvgIpc) is 2.55. The fourth-order valence-corrected chi connectivity index (χ4v) is 2.78. The van der Waals surface area contributed by atoms with Crippen molar-refractivity contribution in [1.29, 1.82) is 0 Å². The van der Waals surface area contributed by atoms with Crippen LogP contribution in [-0.2, 0) is 4.74 Å². The highest BCUT2D eigenvalue weighted by Gasteiger charge is 2.26. The van der Waals surface area contributed by atoms with Gasteiger partial charge < -0.3 is 9.64 Å². The zero-order valence-corrected chi connectivity index (χ0v) is 13.1. The number of ether oxygens (including phenoxy) is 1. The van der Waals surface area contributed by atoms with Crippen molar-refractivity contribution in [2.45, 2.75) is 20.0 Å². The lowest BCUT2D eigenvalue weighted by molar-refractivity contribution is -0.0228.